The SMILES string of the molecule is CCNCc1ccc(COCCN(C)C)s1. The lowest BCUT2D eigenvalue weighted by molar-refractivity contribution is 0.107. The lowest BCUT2D eigenvalue weighted by Gasteiger charge is -2.08. The van der Waals surface area contributed by atoms with Gasteiger partial charge in [0.25, 0.3) is 0 Å². The molecule has 16 heavy (non-hydrogen) atoms. The molecule has 0 aliphatic carbocycles. The van der Waals surface area contributed by atoms with Crippen LogP contribution in [0, 0.1) is 0 Å². The molecule has 0 atom stereocenters. The Labute approximate surface area is 102 Å². The number of nitrogens with one attached hydrogen (secondary N) is 1. The second-order valence-electron chi connectivity index (χ2n) is 4.00. The first-order valence-corrected chi connectivity index (χ1v) is 6.54. The highest BCUT2D eigenvalue weighted by Crippen LogP contribution is 2.17. The molecule has 0 aromatic carbocycles. The number of thiophene rings is 1. The van der Waals surface area contributed by atoms with Gasteiger partial charge in [0.2, 0.25) is 0 Å². The van der Waals surface area contributed by atoms with E-state index in [0.29, 0.717) is 0 Å². The Balaban J connectivity index is 2.19. The molecule has 1 aromatic heterocycles. The normalized spacial score (nSPS) is 11.2. The van der Waals surface area contributed by atoms with Crippen molar-refractivity contribution >= 4 is 11.3 Å². The smallest absolute Gasteiger partial charge is 0.0810 e. The Hall–Kier alpha value is -0.420. The van der Waals surface area contributed by atoms with Crippen molar-refractivity contribution in [3.63, 3.8) is 0 Å². The lowest BCUT2D eigenvalue weighted by Crippen LogP contribution is -2.17. The van der Waals surface area contributed by atoms with Crippen LogP contribution in [-0.4, -0.2) is 38.7 Å². The summed E-state index contributed by atoms with van der Waals surface area (Å²) in [5.41, 5.74) is 0. The van der Waals surface area contributed by atoms with Crippen LogP contribution in [0.1, 0.15) is 16.7 Å². The van der Waals surface area contributed by atoms with E-state index in [9.17, 15) is 0 Å². The van der Waals surface area contributed by atoms with E-state index in [-0.39, 0.29) is 0 Å². The summed E-state index contributed by atoms with van der Waals surface area (Å²) in [5.74, 6) is 0. The third kappa shape index (κ3) is 5.61. The topological polar surface area (TPSA) is 24.5 Å². The molecule has 0 radical (unpaired) electrons. The Morgan fingerprint density at radius 3 is 2.75 bits per heavy atom. The van der Waals surface area contributed by atoms with Crippen LogP contribution in [-0.2, 0) is 17.9 Å². The van der Waals surface area contributed by atoms with Gasteiger partial charge in [0.1, 0.15) is 0 Å². The molecule has 0 bridgehead atoms. The molecule has 4 heteroatoms. The maximum Gasteiger partial charge on any atom is 0.0810 e. The van der Waals surface area contributed by atoms with Gasteiger partial charge in [-0.2, -0.15) is 0 Å². The van der Waals surface area contributed by atoms with Crippen molar-refractivity contribution in [1.82, 2.24) is 10.2 Å². The molecule has 0 aliphatic heterocycles. The molecule has 1 heterocycles. The van der Waals surface area contributed by atoms with Crippen LogP contribution in [0.5, 0.6) is 0 Å². The molecular weight excluding hydrogens is 220 g/mol. The standard InChI is InChI=1S/C12H22N2OS/c1-4-13-9-11-5-6-12(16-11)10-15-8-7-14(2)3/h5-6,13H,4,7-10H2,1-3H3. The van der Waals surface area contributed by atoms with Gasteiger partial charge in [-0.25, -0.2) is 0 Å². The van der Waals surface area contributed by atoms with Crippen LogP contribution in [0.25, 0.3) is 0 Å². The van der Waals surface area contributed by atoms with E-state index in [2.05, 4.69) is 43.4 Å². The number of hydrogen-bond acceptors (Lipinski definition) is 4. The van der Waals surface area contributed by atoms with Crippen molar-refractivity contribution in [2.24, 2.45) is 0 Å². The van der Waals surface area contributed by atoms with Crippen molar-refractivity contribution in [3.05, 3.63) is 21.9 Å². The zero-order chi connectivity index (χ0) is 11.8. The van der Waals surface area contributed by atoms with Crippen molar-refractivity contribution in [2.45, 2.75) is 20.1 Å². The molecule has 0 saturated carbocycles. The van der Waals surface area contributed by atoms with E-state index in [4.69, 9.17) is 4.74 Å². The molecule has 0 amide bonds. The fourth-order valence-corrected chi connectivity index (χ4v) is 2.19. The fraction of sp³-hybridized carbons (Fsp3) is 0.667. The van der Waals surface area contributed by atoms with E-state index < -0.39 is 0 Å². The molecule has 0 unspecified atom stereocenters. The average Bonchev–Trinajstić information content (AvgIpc) is 2.69. The largest absolute Gasteiger partial charge is 0.375 e. The van der Waals surface area contributed by atoms with Gasteiger partial charge >= 0.3 is 0 Å². The number of nitrogens with zero attached hydrogens (tertiary/aromatic N) is 1. The zero-order valence-electron chi connectivity index (χ0n) is 10.5. The molecule has 1 aromatic rings. The van der Waals surface area contributed by atoms with Crippen LogP contribution in [0.4, 0.5) is 0 Å². The molecule has 0 saturated heterocycles. The van der Waals surface area contributed by atoms with Gasteiger partial charge in [-0.15, -0.1) is 11.3 Å². The third-order valence-corrected chi connectivity index (χ3v) is 3.25. The third-order valence-electron chi connectivity index (χ3n) is 2.19. The summed E-state index contributed by atoms with van der Waals surface area (Å²) in [7, 11) is 4.12. The molecule has 1 N–H and O–H groups in total. The molecule has 1 rings (SSSR count). The van der Waals surface area contributed by atoms with Crippen molar-refractivity contribution in [2.75, 3.05) is 33.8 Å². The van der Waals surface area contributed by atoms with Crippen LogP contribution < -0.4 is 5.32 Å². The molecule has 0 fully saturated rings. The Morgan fingerprint density at radius 2 is 2.06 bits per heavy atom. The van der Waals surface area contributed by atoms with Gasteiger partial charge in [-0.3, -0.25) is 0 Å². The Morgan fingerprint density at radius 1 is 1.31 bits per heavy atom. The highest BCUT2D eigenvalue weighted by molar-refractivity contribution is 7.11. The molecule has 0 spiro atoms. The van der Waals surface area contributed by atoms with Crippen molar-refractivity contribution < 1.29 is 4.74 Å². The summed E-state index contributed by atoms with van der Waals surface area (Å²) in [4.78, 5) is 4.82. The Bertz CT molecular complexity index is 286. The minimum Gasteiger partial charge on any atom is -0.375 e. The maximum atomic E-state index is 5.60. The molecular formula is C12H22N2OS. The van der Waals surface area contributed by atoms with Crippen LogP contribution >= 0.6 is 11.3 Å². The lowest BCUT2D eigenvalue weighted by atomic mass is 10.4. The minimum atomic E-state index is 0.741. The van der Waals surface area contributed by atoms with Gasteiger partial charge in [0.15, 0.2) is 0 Å². The first kappa shape index (κ1) is 13.6. The molecule has 92 valence electrons. The van der Waals surface area contributed by atoms with Gasteiger partial charge < -0.3 is 15.0 Å². The summed E-state index contributed by atoms with van der Waals surface area (Å²) >= 11 is 1.83. The van der Waals surface area contributed by atoms with E-state index in [1.807, 2.05) is 11.3 Å². The number of ether oxygens (including phenoxy) is 1. The van der Waals surface area contributed by atoms with Gasteiger partial charge in [-0.1, -0.05) is 6.92 Å². The summed E-state index contributed by atoms with van der Waals surface area (Å²) in [6.07, 6.45) is 0. The monoisotopic (exact) mass is 242 g/mol. The van der Waals surface area contributed by atoms with Gasteiger partial charge in [0, 0.05) is 22.8 Å². The minimum absolute atomic E-state index is 0.741. The first-order chi connectivity index (χ1) is 7.72. The zero-order valence-corrected chi connectivity index (χ0v) is 11.3. The highest BCUT2D eigenvalue weighted by atomic mass is 32.1. The predicted molar refractivity (Wildman–Crippen MR) is 69.9 cm³/mol. The highest BCUT2D eigenvalue weighted by Gasteiger charge is 2.00. The molecule has 0 aliphatic rings. The second kappa shape index (κ2) is 7.79. The van der Waals surface area contributed by atoms with Crippen molar-refractivity contribution in [1.29, 1.82) is 0 Å². The van der Waals surface area contributed by atoms with E-state index >= 15 is 0 Å². The number of rotatable bonds is 8. The predicted octanol–water partition coefficient (Wildman–Crippen LogP) is 1.94. The summed E-state index contributed by atoms with van der Waals surface area (Å²) < 4.78 is 5.60. The first-order valence-electron chi connectivity index (χ1n) is 5.73. The second-order valence-corrected chi connectivity index (χ2v) is 5.26. The molecule has 3 nitrogen and oxygen atoms in total. The summed E-state index contributed by atoms with van der Waals surface area (Å²) in [5, 5.41) is 3.32. The number of hydrogen-bond donors (Lipinski definition) is 1. The summed E-state index contributed by atoms with van der Waals surface area (Å²) in [6, 6.07) is 4.34. The number of likely N-dealkylation sites (N-methyl/N-ethyl adjacent to an activating group) is 1. The quantitative estimate of drug-likeness (QED) is 0.705. The maximum absolute atomic E-state index is 5.60. The van der Waals surface area contributed by atoms with E-state index in [0.717, 1.165) is 32.8 Å². The van der Waals surface area contributed by atoms with Gasteiger partial charge in [0.05, 0.1) is 13.2 Å². The van der Waals surface area contributed by atoms with Crippen LogP contribution in [0.2, 0.25) is 0 Å². The summed E-state index contributed by atoms with van der Waals surface area (Å²) in [6.45, 7) is 6.64. The van der Waals surface area contributed by atoms with Crippen LogP contribution in [0.3, 0.4) is 0 Å². The van der Waals surface area contributed by atoms with Crippen molar-refractivity contribution in [3.8, 4) is 0 Å². The van der Waals surface area contributed by atoms with Crippen LogP contribution in [0.15, 0.2) is 12.1 Å². The van der Waals surface area contributed by atoms with E-state index in [1.165, 1.54) is 9.75 Å². The average molecular weight is 242 g/mol. The Kier molecular flexibility index (Phi) is 6.64. The van der Waals surface area contributed by atoms with E-state index in [1.54, 1.807) is 0 Å². The van der Waals surface area contributed by atoms with Gasteiger partial charge in [-0.05, 0) is 32.8 Å². The fourth-order valence-electron chi connectivity index (χ4n) is 1.26.